The smallest absolute Gasteiger partial charge is 0.337 e. The number of hydrogen-bond donors (Lipinski definition) is 1. The van der Waals surface area contributed by atoms with E-state index in [0.717, 1.165) is 15.8 Å². The summed E-state index contributed by atoms with van der Waals surface area (Å²) >= 11 is 7.23. The molecule has 0 unspecified atom stereocenters. The molecule has 3 aromatic rings. The van der Waals surface area contributed by atoms with Gasteiger partial charge in [0, 0.05) is 0 Å². The van der Waals surface area contributed by atoms with Crippen molar-refractivity contribution in [2.45, 2.75) is 11.8 Å². The van der Waals surface area contributed by atoms with Gasteiger partial charge in [0.15, 0.2) is 5.13 Å². The van der Waals surface area contributed by atoms with E-state index in [9.17, 15) is 13.2 Å². The molecule has 0 saturated carbocycles. The molecule has 130 valence electrons. The van der Waals surface area contributed by atoms with Gasteiger partial charge < -0.3 is 4.74 Å². The number of nitrogens with one attached hydrogen (secondary N) is 1. The molecule has 2 aromatic carbocycles. The highest BCUT2D eigenvalue weighted by atomic mass is 35.5. The van der Waals surface area contributed by atoms with Crippen molar-refractivity contribution in [3.63, 3.8) is 0 Å². The number of benzene rings is 2. The second-order valence-electron chi connectivity index (χ2n) is 5.18. The number of para-hydroxylation sites is 1. The molecule has 0 spiro atoms. The van der Waals surface area contributed by atoms with Crippen LogP contribution < -0.4 is 4.72 Å². The number of rotatable bonds is 4. The molecule has 1 heterocycles. The van der Waals surface area contributed by atoms with Gasteiger partial charge in [0.2, 0.25) is 0 Å². The van der Waals surface area contributed by atoms with E-state index in [-0.39, 0.29) is 20.6 Å². The minimum atomic E-state index is -4.01. The van der Waals surface area contributed by atoms with Gasteiger partial charge in [-0.15, -0.1) is 0 Å². The van der Waals surface area contributed by atoms with Crippen molar-refractivity contribution in [1.82, 2.24) is 4.98 Å². The van der Waals surface area contributed by atoms with E-state index in [1.807, 2.05) is 25.1 Å². The number of hydrogen-bond acceptors (Lipinski definition) is 6. The minimum absolute atomic E-state index is 0.00237. The first-order valence-electron chi connectivity index (χ1n) is 7.08. The van der Waals surface area contributed by atoms with E-state index >= 15 is 0 Å². The number of sulfonamides is 1. The van der Waals surface area contributed by atoms with E-state index in [2.05, 4.69) is 14.4 Å². The van der Waals surface area contributed by atoms with Crippen LogP contribution in [-0.4, -0.2) is 26.5 Å². The Bertz CT molecular complexity index is 1080. The third-order valence-electron chi connectivity index (χ3n) is 3.48. The summed E-state index contributed by atoms with van der Waals surface area (Å²) in [7, 11) is -2.80. The number of nitrogens with zero attached hydrogens (tertiary/aromatic N) is 1. The molecule has 9 heteroatoms. The Balaban J connectivity index is 2.01. The summed E-state index contributed by atoms with van der Waals surface area (Å²) in [5.41, 5.74) is 1.77. The highest BCUT2D eigenvalue weighted by Gasteiger charge is 2.22. The molecule has 0 amide bonds. The normalized spacial score (nSPS) is 11.5. The molecule has 25 heavy (non-hydrogen) atoms. The molecular formula is C16H13ClN2O4S2. The van der Waals surface area contributed by atoms with Gasteiger partial charge in [-0.1, -0.05) is 35.1 Å². The Morgan fingerprint density at radius 3 is 2.72 bits per heavy atom. The number of methoxy groups -OCH3 is 1. The summed E-state index contributed by atoms with van der Waals surface area (Å²) in [5.74, 6) is -0.649. The Morgan fingerprint density at radius 1 is 1.28 bits per heavy atom. The van der Waals surface area contributed by atoms with E-state index in [4.69, 9.17) is 11.6 Å². The lowest BCUT2D eigenvalue weighted by Crippen LogP contribution is -2.14. The number of aryl methyl sites for hydroxylation is 1. The van der Waals surface area contributed by atoms with Gasteiger partial charge in [-0.3, -0.25) is 4.72 Å². The van der Waals surface area contributed by atoms with Crippen LogP contribution in [0.2, 0.25) is 5.02 Å². The molecule has 1 aromatic heterocycles. The third-order valence-corrected chi connectivity index (χ3v) is 6.37. The Labute approximate surface area is 153 Å². The third kappa shape index (κ3) is 3.46. The van der Waals surface area contributed by atoms with Crippen molar-refractivity contribution in [3.05, 3.63) is 52.5 Å². The van der Waals surface area contributed by atoms with Gasteiger partial charge in [-0.25, -0.2) is 18.2 Å². The van der Waals surface area contributed by atoms with Crippen LogP contribution in [0.3, 0.4) is 0 Å². The van der Waals surface area contributed by atoms with Gasteiger partial charge in [-0.2, -0.15) is 0 Å². The first-order chi connectivity index (χ1) is 11.8. The molecule has 0 bridgehead atoms. The topological polar surface area (TPSA) is 85.4 Å². The van der Waals surface area contributed by atoms with Gasteiger partial charge in [-0.05, 0) is 36.8 Å². The van der Waals surface area contributed by atoms with Crippen molar-refractivity contribution >= 4 is 54.3 Å². The Kier molecular flexibility index (Phi) is 4.68. The molecule has 0 aliphatic carbocycles. The highest BCUT2D eigenvalue weighted by Crippen LogP contribution is 2.31. The van der Waals surface area contributed by atoms with Crippen molar-refractivity contribution < 1.29 is 17.9 Å². The summed E-state index contributed by atoms with van der Waals surface area (Å²) in [5, 5.41) is 0.223. The predicted octanol–water partition coefficient (Wildman–Crippen LogP) is 3.85. The zero-order valence-electron chi connectivity index (χ0n) is 13.2. The van der Waals surface area contributed by atoms with Gasteiger partial charge in [0.05, 0.1) is 27.9 Å². The molecule has 0 saturated heterocycles. The number of carbonyl (C=O) groups excluding carboxylic acids is 1. The first-order valence-corrected chi connectivity index (χ1v) is 9.76. The second kappa shape index (κ2) is 6.62. The lowest BCUT2D eigenvalue weighted by atomic mass is 10.2. The predicted molar refractivity (Wildman–Crippen MR) is 98.0 cm³/mol. The van der Waals surface area contributed by atoms with Crippen LogP contribution in [0.5, 0.6) is 0 Å². The standard InChI is InChI=1S/C16H13ClN2O4S2/c1-9-4-3-5-12-14(9)18-16(24-12)19-25(21,22)13-8-10(15(20)23-2)6-7-11(13)17/h3-8H,1-2H3,(H,18,19). The fraction of sp³-hybridized carbons (Fsp3) is 0.125. The van der Waals surface area contributed by atoms with Crippen LogP contribution >= 0.6 is 22.9 Å². The van der Waals surface area contributed by atoms with Crippen LogP contribution in [0.4, 0.5) is 5.13 Å². The lowest BCUT2D eigenvalue weighted by molar-refractivity contribution is 0.0600. The number of carbonyl (C=O) groups is 1. The number of anilines is 1. The maximum absolute atomic E-state index is 12.7. The summed E-state index contributed by atoms with van der Waals surface area (Å²) in [6.07, 6.45) is 0. The average Bonchev–Trinajstić information content (AvgIpc) is 2.97. The van der Waals surface area contributed by atoms with Crippen LogP contribution in [0, 0.1) is 6.92 Å². The number of ether oxygens (including phenoxy) is 1. The maximum Gasteiger partial charge on any atom is 0.337 e. The molecule has 0 aliphatic heterocycles. The fourth-order valence-electron chi connectivity index (χ4n) is 2.25. The average molecular weight is 397 g/mol. The van der Waals surface area contributed by atoms with E-state index in [0.29, 0.717) is 0 Å². The molecule has 0 atom stereocenters. The maximum atomic E-state index is 12.7. The SMILES string of the molecule is COC(=O)c1ccc(Cl)c(S(=O)(=O)Nc2nc3c(C)cccc3s2)c1. The van der Waals surface area contributed by atoms with Crippen LogP contribution in [0.1, 0.15) is 15.9 Å². The summed E-state index contributed by atoms with van der Waals surface area (Å²) in [6.45, 7) is 1.90. The van der Waals surface area contributed by atoms with E-state index in [1.54, 1.807) is 0 Å². The monoisotopic (exact) mass is 396 g/mol. The van der Waals surface area contributed by atoms with Crippen molar-refractivity contribution in [1.29, 1.82) is 0 Å². The summed E-state index contributed by atoms with van der Waals surface area (Å²) < 4.78 is 33.2. The minimum Gasteiger partial charge on any atom is -0.465 e. The molecule has 1 N–H and O–H groups in total. The highest BCUT2D eigenvalue weighted by molar-refractivity contribution is 7.93. The fourth-order valence-corrected chi connectivity index (χ4v) is 4.96. The Morgan fingerprint density at radius 2 is 2.04 bits per heavy atom. The van der Waals surface area contributed by atoms with Gasteiger partial charge in [0.1, 0.15) is 4.90 Å². The number of esters is 1. The summed E-state index contributed by atoms with van der Waals surface area (Å²) in [6, 6.07) is 9.55. The zero-order valence-corrected chi connectivity index (χ0v) is 15.6. The lowest BCUT2D eigenvalue weighted by Gasteiger charge is -2.08. The Hall–Kier alpha value is -2.16. The first kappa shape index (κ1) is 17.7. The largest absolute Gasteiger partial charge is 0.465 e. The quantitative estimate of drug-likeness (QED) is 0.677. The molecule has 0 radical (unpaired) electrons. The molecule has 0 aliphatic rings. The molecule has 6 nitrogen and oxygen atoms in total. The van der Waals surface area contributed by atoms with Gasteiger partial charge >= 0.3 is 5.97 Å². The van der Waals surface area contributed by atoms with Crippen molar-refractivity contribution in [3.8, 4) is 0 Å². The van der Waals surface area contributed by atoms with E-state index in [1.165, 1.54) is 36.6 Å². The van der Waals surface area contributed by atoms with Crippen molar-refractivity contribution in [2.75, 3.05) is 11.8 Å². The van der Waals surface area contributed by atoms with Crippen molar-refractivity contribution in [2.24, 2.45) is 0 Å². The van der Waals surface area contributed by atoms with Crippen LogP contribution in [-0.2, 0) is 14.8 Å². The number of fused-ring (bicyclic) bond motifs is 1. The molecule has 0 fully saturated rings. The zero-order chi connectivity index (χ0) is 18.2. The summed E-state index contributed by atoms with van der Waals surface area (Å²) in [4.78, 5) is 15.7. The van der Waals surface area contributed by atoms with Crippen LogP contribution in [0.25, 0.3) is 10.2 Å². The molecular weight excluding hydrogens is 384 g/mol. The number of aromatic nitrogens is 1. The molecule has 3 rings (SSSR count). The van der Waals surface area contributed by atoms with E-state index < -0.39 is 16.0 Å². The van der Waals surface area contributed by atoms with Crippen LogP contribution in [0.15, 0.2) is 41.3 Å². The number of halogens is 1. The van der Waals surface area contributed by atoms with Gasteiger partial charge in [0.25, 0.3) is 10.0 Å². The second-order valence-corrected chi connectivity index (χ2v) is 8.27. The number of thiazole rings is 1.